The average molecular weight is 299 g/mol. The van der Waals surface area contributed by atoms with Gasteiger partial charge < -0.3 is 10.1 Å². The molecule has 1 aliphatic rings. The van der Waals surface area contributed by atoms with Crippen molar-refractivity contribution in [1.82, 2.24) is 10.3 Å². The number of carbonyl (C=O) groups excluding carboxylic acids is 1. The Morgan fingerprint density at radius 3 is 3.12 bits per heavy atom. The standard InChI is InChI=1S/C12H15BrN2O2/c1-12(5-3-7-17-8-12)15-11(16)10-9(13)4-2-6-14-10/h2,4,6H,3,5,7-8H2,1H3,(H,15,16). The lowest BCUT2D eigenvalue weighted by Gasteiger charge is -2.34. The van der Waals surface area contributed by atoms with Gasteiger partial charge in [0.15, 0.2) is 0 Å². The molecule has 0 aliphatic carbocycles. The van der Waals surface area contributed by atoms with Crippen LogP contribution in [0.5, 0.6) is 0 Å². The van der Waals surface area contributed by atoms with E-state index in [0.29, 0.717) is 16.8 Å². The van der Waals surface area contributed by atoms with Gasteiger partial charge in [0, 0.05) is 17.3 Å². The van der Waals surface area contributed by atoms with Crippen LogP contribution in [0.25, 0.3) is 0 Å². The maximum atomic E-state index is 12.1. The van der Waals surface area contributed by atoms with E-state index in [1.807, 2.05) is 13.0 Å². The van der Waals surface area contributed by atoms with Crippen molar-refractivity contribution in [3.8, 4) is 0 Å². The van der Waals surface area contributed by atoms with Gasteiger partial charge in [0.2, 0.25) is 0 Å². The molecule has 4 nitrogen and oxygen atoms in total. The Labute approximate surface area is 109 Å². The van der Waals surface area contributed by atoms with Crippen LogP contribution in [0, 0.1) is 0 Å². The van der Waals surface area contributed by atoms with E-state index in [1.54, 1.807) is 12.3 Å². The highest BCUT2D eigenvalue weighted by molar-refractivity contribution is 9.10. The highest BCUT2D eigenvalue weighted by atomic mass is 79.9. The third kappa shape index (κ3) is 3.04. The number of ether oxygens (including phenoxy) is 1. The fourth-order valence-corrected chi connectivity index (χ4v) is 2.35. The zero-order valence-corrected chi connectivity index (χ0v) is 11.3. The topological polar surface area (TPSA) is 51.2 Å². The van der Waals surface area contributed by atoms with E-state index >= 15 is 0 Å². The number of pyridine rings is 1. The van der Waals surface area contributed by atoms with E-state index in [2.05, 4.69) is 26.2 Å². The SMILES string of the molecule is CC1(NC(=O)c2ncccc2Br)CCCOC1. The molecule has 1 atom stereocenters. The first-order chi connectivity index (χ1) is 8.11. The molecule has 1 unspecified atom stereocenters. The van der Waals surface area contributed by atoms with Gasteiger partial charge in [0.1, 0.15) is 5.69 Å². The lowest BCUT2D eigenvalue weighted by atomic mass is 9.95. The van der Waals surface area contributed by atoms with Crippen LogP contribution < -0.4 is 5.32 Å². The van der Waals surface area contributed by atoms with Crippen molar-refractivity contribution >= 4 is 21.8 Å². The molecule has 0 aromatic carbocycles. The van der Waals surface area contributed by atoms with E-state index in [9.17, 15) is 4.79 Å². The number of carbonyl (C=O) groups is 1. The maximum absolute atomic E-state index is 12.1. The smallest absolute Gasteiger partial charge is 0.271 e. The summed E-state index contributed by atoms with van der Waals surface area (Å²) in [5.41, 5.74) is 0.131. The monoisotopic (exact) mass is 298 g/mol. The van der Waals surface area contributed by atoms with Crippen molar-refractivity contribution in [1.29, 1.82) is 0 Å². The van der Waals surface area contributed by atoms with Crippen molar-refractivity contribution in [3.05, 3.63) is 28.5 Å². The molecule has 5 heteroatoms. The molecule has 1 aliphatic heterocycles. The number of aromatic nitrogens is 1. The number of halogens is 1. The Balaban J connectivity index is 2.09. The van der Waals surface area contributed by atoms with E-state index in [4.69, 9.17) is 4.74 Å². The normalized spacial score (nSPS) is 24.4. The Morgan fingerprint density at radius 2 is 2.47 bits per heavy atom. The molecule has 0 radical (unpaired) electrons. The first-order valence-corrected chi connectivity index (χ1v) is 6.41. The third-order valence-electron chi connectivity index (χ3n) is 2.83. The van der Waals surface area contributed by atoms with Gasteiger partial charge in [0.05, 0.1) is 12.1 Å². The van der Waals surface area contributed by atoms with Gasteiger partial charge in [-0.3, -0.25) is 4.79 Å². The molecule has 0 bridgehead atoms. The Hall–Kier alpha value is -0.940. The van der Waals surface area contributed by atoms with Crippen molar-refractivity contribution < 1.29 is 9.53 Å². The predicted octanol–water partition coefficient (Wildman–Crippen LogP) is 2.14. The molecule has 2 heterocycles. The number of amides is 1. The second-order valence-electron chi connectivity index (χ2n) is 4.50. The Morgan fingerprint density at radius 1 is 1.65 bits per heavy atom. The highest BCUT2D eigenvalue weighted by Gasteiger charge is 2.30. The van der Waals surface area contributed by atoms with E-state index in [1.165, 1.54) is 0 Å². The molecule has 17 heavy (non-hydrogen) atoms. The van der Waals surface area contributed by atoms with E-state index in [0.717, 1.165) is 19.4 Å². The largest absolute Gasteiger partial charge is 0.379 e. The van der Waals surface area contributed by atoms with Crippen LogP contribution in [0.3, 0.4) is 0 Å². The summed E-state index contributed by atoms with van der Waals surface area (Å²) in [6, 6.07) is 3.59. The number of rotatable bonds is 2. The summed E-state index contributed by atoms with van der Waals surface area (Å²) in [7, 11) is 0. The Kier molecular flexibility index (Phi) is 3.79. The molecule has 1 aromatic heterocycles. The molecule has 1 fully saturated rings. The Bertz CT molecular complexity index is 417. The van der Waals surface area contributed by atoms with Crippen LogP contribution in [-0.4, -0.2) is 29.6 Å². The summed E-state index contributed by atoms with van der Waals surface area (Å²) in [5, 5.41) is 3.00. The number of nitrogens with zero attached hydrogens (tertiary/aromatic N) is 1. The van der Waals surface area contributed by atoms with Crippen molar-refractivity contribution in [3.63, 3.8) is 0 Å². The van der Waals surface area contributed by atoms with Gasteiger partial charge in [-0.05, 0) is 47.8 Å². The summed E-state index contributed by atoms with van der Waals surface area (Å²) < 4.78 is 6.11. The van der Waals surface area contributed by atoms with Gasteiger partial charge in [-0.25, -0.2) is 4.98 Å². The number of nitrogens with one attached hydrogen (secondary N) is 1. The summed E-state index contributed by atoms with van der Waals surface area (Å²) in [5.74, 6) is -0.162. The molecule has 1 saturated heterocycles. The van der Waals surface area contributed by atoms with Crippen LogP contribution in [0.4, 0.5) is 0 Å². The van der Waals surface area contributed by atoms with Crippen LogP contribution in [0.15, 0.2) is 22.8 Å². The highest BCUT2D eigenvalue weighted by Crippen LogP contribution is 2.20. The molecule has 2 rings (SSSR count). The minimum atomic E-state index is -0.285. The lowest BCUT2D eigenvalue weighted by molar-refractivity contribution is 0.0271. The zero-order valence-electron chi connectivity index (χ0n) is 9.70. The predicted molar refractivity (Wildman–Crippen MR) is 67.9 cm³/mol. The molecular formula is C12H15BrN2O2. The fourth-order valence-electron chi connectivity index (χ4n) is 1.92. The average Bonchev–Trinajstić information content (AvgIpc) is 2.29. The van der Waals surface area contributed by atoms with Gasteiger partial charge in [-0.15, -0.1) is 0 Å². The summed E-state index contributed by atoms with van der Waals surface area (Å²) in [6.45, 7) is 3.34. The molecule has 0 spiro atoms. The minimum absolute atomic E-state index is 0.162. The van der Waals surface area contributed by atoms with Crippen LogP contribution in [0.1, 0.15) is 30.3 Å². The molecule has 1 N–H and O–H groups in total. The van der Waals surface area contributed by atoms with Crippen LogP contribution in [-0.2, 0) is 4.74 Å². The van der Waals surface area contributed by atoms with E-state index < -0.39 is 0 Å². The van der Waals surface area contributed by atoms with Gasteiger partial charge in [0.25, 0.3) is 5.91 Å². The van der Waals surface area contributed by atoms with Crippen LogP contribution in [0.2, 0.25) is 0 Å². The molecule has 1 aromatic rings. The second-order valence-corrected chi connectivity index (χ2v) is 5.36. The summed E-state index contributed by atoms with van der Waals surface area (Å²) >= 11 is 3.32. The fraction of sp³-hybridized carbons (Fsp3) is 0.500. The van der Waals surface area contributed by atoms with E-state index in [-0.39, 0.29) is 11.4 Å². The molecule has 0 saturated carbocycles. The summed E-state index contributed by atoms with van der Waals surface area (Å²) in [6.07, 6.45) is 3.52. The third-order valence-corrected chi connectivity index (χ3v) is 3.47. The summed E-state index contributed by atoms with van der Waals surface area (Å²) in [4.78, 5) is 16.2. The van der Waals surface area contributed by atoms with Gasteiger partial charge in [-0.1, -0.05) is 0 Å². The van der Waals surface area contributed by atoms with Crippen molar-refractivity contribution in [2.75, 3.05) is 13.2 Å². The first kappa shape index (κ1) is 12.5. The van der Waals surface area contributed by atoms with Crippen molar-refractivity contribution in [2.45, 2.75) is 25.3 Å². The quantitative estimate of drug-likeness (QED) is 0.910. The molecule has 92 valence electrons. The van der Waals surface area contributed by atoms with Gasteiger partial charge in [-0.2, -0.15) is 0 Å². The van der Waals surface area contributed by atoms with Crippen LogP contribution >= 0.6 is 15.9 Å². The number of hydrogen-bond donors (Lipinski definition) is 1. The minimum Gasteiger partial charge on any atom is -0.379 e. The van der Waals surface area contributed by atoms with Gasteiger partial charge >= 0.3 is 0 Å². The zero-order chi connectivity index (χ0) is 12.3. The second kappa shape index (κ2) is 5.14. The first-order valence-electron chi connectivity index (χ1n) is 5.61. The maximum Gasteiger partial charge on any atom is 0.271 e. The molecule has 1 amide bonds. The van der Waals surface area contributed by atoms with Crippen molar-refractivity contribution in [2.24, 2.45) is 0 Å². The lowest BCUT2D eigenvalue weighted by Crippen LogP contribution is -2.51. The number of hydrogen-bond acceptors (Lipinski definition) is 3. The molecular weight excluding hydrogens is 284 g/mol.